The van der Waals surface area contributed by atoms with E-state index in [-0.39, 0.29) is 11.9 Å². The van der Waals surface area contributed by atoms with Gasteiger partial charge in [-0.3, -0.25) is 4.79 Å². The molecule has 1 aliphatic rings. The van der Waals surface area contributed by atoms with Crippen LogP contribution >= 0.6 is 11.8 Å². The van der Waals surface area contributed by atoms with Crippen molar-refractivity contribution in [3.05, 3.63) is 41.5 Å². The van der Waals surface area contributed by atoms with Gasteiger partial charge in [-0.2, -0.15) is 4.98 Å². The number of carbonyl (C=O) groups excluding carboxylic acids is 1. The molecule has 122 valence electrons. The highest BCUT2D eigenvalue weighted by Crippen LogP contribution is 2.31. The molecule has 0 aliphatic heterocycles. The second-order valence-corrected chi connectivity index (χ2v) is 6.81. The van der Waals surface area contributed by atoms with Gasteiger partial charge >= 0.3 is 0 Å². The third-order valence-corrected chi connectivity index (χ3v) is 4.77. The Morgan fingerprint density at radius 3 is 2.78 bits per heavy atom. The van der Waals surface area contributed by atoms with Crippen LogP contribution in [0.3, 0.4) is 0 Å². The van der Waals surface area contributed by atoms with Crippen molar-refractivity contribution >= 4 is 17.7 Å². The minimum atomic E-state index is -0.0785. The van der Waals surface area contributed by atoms with E-state index >= 15 is 0 Å². The van der Waals surface area contributed by atoms with Gasteiger partial charge < -0.3 is 15.6 Å². The van der Waals surface area contributed by atoms with Crippen LogP contribution in [-0.2, 0) is 5.75 Å². The highest BCUT2D eigenvalue weighted by Gasteiger charge is 2.28. The van der Waals surface area contributed by atoms with Crippen molar-refractivity contribution in [2.45, 2.75) is 36.5 Å². The van der Waals surface area contributed by atoms with Gasteiger partial charge in [0.05, 0.1) is 5.75 Å². The molecule has 1 atom stereocenters. The van der Waals surface area contributed by atoms with Crippen LogP contribution in [0.5, 0.6) is 0 Å². The van der Waals surface area contributed by atoms with Gasteiger partial charge in [-0.05, 0) is 49.9 Å². The number of amides is 1. The minimum Gasteiger partial charge on any atom is -0.350 e. The van der Waals surface area contributed by atoms with Gasteiger partial charge in [-0.1, -0.05) is 5.16 Å². The fourth-order valence-electron chi connectivity index (χ4n) is 2.25. The Labute approximate surface area is 139 Å². The maximum Gasteiger partial charge on any atom is 0.251 e. The number of carbonyl (C=O) groups is 1. The predicted molar refractivity (Wildman–Crippen MR) is 88.1 cm³/mol. The van der Waals surface area contributed by atoms with Crippen molar-refractivity contribution < 1.29 is 9.32 Å². The molecule has 1 heterocycles. The van der Waals surface area contributed by atoms with Gasteiger partial charge in [0.1, 0.15) is 0 Å². The molecule has 7 heteroatoms. The molecular weight excluding hydrogens is 312 g/mol. The number of aryl methyl sites for hydroxylation is 1. The molecule has 0 saturated heterocycles. The quantitative estimate of drug-likeness (QED) is 0.755. The van der Waals surface area contributed by atoms with Crippen molar-refractivity contribution in [2.75, 3.05) is 6.54 Å². The summed E-state index contributed by atoms with van der Waals surface area (Å²) in [6.45, 7) is 2.33. The van der Waals surface area contributed by atoms with Gasteiger partial charge in [0.2, 0.25) is 5.89 Å². The maximum atomic E-state index is 12.1. The molecule has 1 unspecified atom stereocenters. The van der Waals surface area contributed by atoms with Crippen LogP contribution in [0, 0.1) is 12.8 Å². The summed E-state index contributed by atoms with van der Waals surface area (Å²) in [5.41, 5.74) is 6.63. The molecule has 3 N–H and O–H groups in total. The third kappa shape index (κ3) is 4.56. The molecule has 1 fully saturated rings. The summed E-state index contributed by atoms with van der Waals surface area (Å²) in [5.74, 6) is 2.36. The van der Waals surface area contributed by atoms with Crippen LogP contribution in [0.2, 0.25) is 0 Å². The Morgan fingerprint density at radius 2 is 2.17 bits per heavy atom. The highest BCUT2D eigenvalue weighted by atomic mass is 32.2. The van der Waals surface area contributed by atoms with E-state index < -0.39 is 0 Å². The number of nitrogens with zero attached hydrogens (tertiary/aromatic N) is 2. The molecule has 2 aromatic rings. The summed E-state index contributed by atoms with van der Waals surface area (Å²) in [5, 5.41) is 6.65. The lowest BCUT2D eigenvalue weighted by Gasteiger charge is -2.11. The van der Waals surface area contributed by atoms with Crippen molar-refractivity contribution in [2.24, 2.45) is 11.7 Å². The Balaban J connectivity index is 1.48. The van der Waals surface area contributed by atoms with Crippen molar-refractivity contribution in [3.63, 3.8) is 0 Å². The molecule has 6 nitrogen and oxygen atoms in total. The molecule has 1 aromatic heterocycles. The number of aromatic nitrogens is 2. The first kappa shape index (κ1) is 16.0. The first-order chi connectivity index (χ1) is 11.1. The summed E-state index contributed by atoms with van der Waals surface area (Å²) in [7, 11) is 0. The van der Waals surface area contributed by atoms with E-state index in [1.54, 1.807) is 18.7 Å². The molecule has 0 spiro atoms. The number of nitrogens with two attached hydrogens (primary N) is 1. The van der Waals surface area contributed by atoms with Crippen LogP contribution in [-0.4, -0.2) is 28.6 Å². The molecule has 1 saturated carbocycles. The van der Waals surface area contributed by atoms with Crippen LogP contribution < -0.4 is 11.1 Å². The normalized spacial score (nSPS) is 15.4. The lowest BCUT2D eigenvalue weighted by atomic mass is 10.2. The van der Waals surface area contributed by atoms with Gasteiger partial charge in [-0.15, -0.1) is 11.8 Å². The number of thioether (sulfide) groups is 1. The van der Waals surface area contributed by atoms with Gasteiger partial charge in [0, 0.05) is 23.0 Å². The fourth-order valence-corrected chi connectivity index (χ4v) is 2.99. The molecule has 0 radical (unpaired) electrons. The molecule has 23 heavy (non-hydrogen) atoms. The van der Waals surface area contributed by atoms with Crippen molar-refractivity contribution in [1.82, 2.24) is 15.5 Å². The second-order valence-electron chi connectivity index (χ2n) is 5.76. The number of nitrogens with one attached hydrogen (secondary N) is 1. The van der Waals surface area contributed by atoms with E-state index in [9.17, 15) is 4.79 Å². The summed E-state index contributed by atoms with van der Waals surface area (Å²) < 4.78 is 5.07. The summed E-state index contributed by atoms with van der Waals surface area (Å²) >= 11 is 1.59. The second kappa shape index (κ2) is 7.14. The standard InChI is InChI=1S/C16H20N4O2S/c1-10-19-15(22-20-10)9-23-13-6-4-12(5-7-13)16(21)18-8-14(17)11-2-3-11/h4-7,11,14H,2-3,8-9,17H2,1H3,(H,18,21). The van der Waals surface area contributed by atoms with E-state index in [1.165, 1.54) is 12.8 Å². The molecule has 1 aliphatic carbocycles. The van der Waals surface area contributed by atoms with Crippen LogP contribution in [0.15, 0.2) is 33.7 Å². The maximum absolute atomic E-state index is 12.1. The molecule has 1 aromatic carbocycles. The van der Waals surface area contributed by atoms with Gasteiger partial charge in [0.25, 0.3) is 5.91 Å². The minimum absolute atomic E-state index is 0.0756. The lowest BCUT2D eigenvalue weighted by Crippen LogP contribution is -2.38. The summed E-state index contributed by atoms with van der Waals surface area (Å²) in [6, 6.07) is 7.55. The Hall–Kier alpha value is -1.86. The molecule has 0 bridgehead atoms. The number of rotatable bonds is 7. The number of hydrogen-bond donors (Lipinski definition) is 2. The van der Waals surface area contributed by atoms with E-state index in [0.717, 1.165) is 4.90 Å². The Bertz CT molecular complexity index is 667. The average Bonchev–Trinajstić information content (AvgIpc) is 3.33. The zero-order chi connectivity index (χ0) is 16.2. The van der Waals surface area contributed by atoms with Crippen LogP contribution in [0.25, 0.3) is 0 Å². The SMILES string of the molecule is Cc1noc(CSc2ccc(C(=O)NCC(N)C3CC3)cc2)n1. The van der Waals surface area contributed by atoms with E-state index in [0.29, 0.717) is 35.5 Å². The lowest BCUT2D eigenvalue weighted by molar-refractivity contribution is 0.0950. The zero-order valence-corrected chi connectivity index (χ0v) is 13.8. The van der Waals surface area contributed by atoms with E-state index in [2.05, 4.69) is 15.5 Å². The summed E-state index contributed by atoms with van der Waals surface area (Å²) in [6.07, 6.45) is 2.37. The topological polar surface area (TPSA) is 94.0 Å². The van der Waals surface area contributed by atoms with Crippen LogP contribution in [0.4, 0.5) is 0 Å². The predicted octanol–water partition coefficient (Wildman–Crippen LogP) is 2.14. The van der Waals surface area contributed by atoms with Gasteiger partial charge in [0.15, 0.2) is 5.82 Å². The average molecular weight is 332 g/mol. The smallest absolute Gasteiger partial charge is 0.251 e. The fraction of sp³-hybridized carbons (Fsp3) is 0.438. The monoisotopic (exact) mass is 332 g/mol. The zero-order valence-electron chi connectivity index (χ0n) is 13.0. The van der Waals surface area contributed by atoms with Gasteiger partial charge in [-0.25, -0.2) is 0 Å². The summed E-state index contributed by atoms with van der Waals surface area (Å²) in [4.78, 5) is 17.3. The molecular formula is C16H20N4O2S. The van der Waals surface area contributed by atoms with Crippen molar-refractivity contribution in [1.29, 1.82) is 0 Å². The van der Waals surface area contributed by atoms with Crippen LogP contribution in [0.1, 0.15) is 34.9 Å². The molecule has 1 amide bonds. The third-order valence-electron chi connectivity index (χ3n) is 3.77. The molecule has 3 rings (SSSR count). The Morgan fingerprint density at radius 1 is 1.43 bits per heavy atom. The first-order valence-corrected chi connectivity index (χ1v) is 8.66. The van der Waals surface area contributed by atoms with E-state index in [4.69, 9.17) is 10.3 Å². The van der Waals surface area contributed by atoms with Crippen molar-refractivity contribution in [3.8, 4) is 0 Å². The highest BCUT2D eigenvalue weighted by molar-refractivity contribution is 7.98. The number of benzene rings is 1. The number of hydrogen-bond acceptors (Lipinski definition) is 6. The van der Waals surface area contributed by atoms with E-state index in [1.807, 2.05) is 24.3 Å². The Kier molecular flexibility index (Phi) is 4.97. The first-order valence-electron chi connectivity index (χ1n) is 7.67. The largest absolute Gasteiger partial charge is 0.350 e.